The largest absolute Gasteiger partial charge is 0.308 e. The highest BCUT2D eigenvalue weighted by atomic mass is 32.2. The molecule has 6 nitrogen and oxygen atoms in total. The molecule has 8 heteroatoms. The first-order valence-corrected chi connectivity index (χ1v) is 10.1. The van der Waals surface area contributed by atoms with Crippen LogP contribution in [0.1, 0.15) is 23.5 Å². The maximum absolute atomic E-state index is 11.5. The molecule has 1 saturated carbocycles. The summed E-state index contributed by atoms with van der Waals surface area (Å²) in [6.45, 7) is 4.41. The molecule has 2 fully saturated rings. The molecule has 0 spiro atoms. The zero-order valence-corrected chi connectivity index (χ0v) is 13.9. The Morgan fingerprint density at radius 2 is 2.05 bits per heavy atom. The molecule has 0 bridgehead atoms. The molecular formula is C13H22N4O2S2. The molecular weight excluding hydrogens is 308 g/mol. The van der Waals surface area contributed by atoms with Crippen molar-refractivity contribution in [2.75, 3.05) is 32.4 Å². The fourth-order valence-corrected chi connectivity index (χ4v) is 4.03. The van der Waals surface area contributed by atoms with Crippen molar-refractivity contribution in [3.63, 3.8) is 0 Å². The molecule has 0 amide bonds. The van der Waals surface area contributed by atoms with E-state index in [1.165, 1.54) is 19.1 Å². The van der Waals surface area contributed by atoms with Gasteiger partial charge >= 0.3 is 0 Å². The molecule has 1 aromatic heterocycles. The van der Waals surface area contributed by atoms with Crippen molar-refractivity contribution in [2.24, 2.45) is 0 Å². The third kappa shape index (κ3) is 4.46. The summed E-state index contributed by atoms with van der Waals surface area (Å²) < 4.78 is 24.5. The molecule has 0 atom stereocenters. The van der Waals surface area contributed by atoms with Crippen LogP contribution in [0.5, 0.6) is 0 Å². The first kappa shape index (κ1) is 15.4. The fourth-order valence-electron chi connectivity index (χ4n) is 2.47. The van der Waals surface area contributed by atoms with Crippen LogP contribution < -0.4 is 5.32 Å². The number of hydrogen-bond acceptors (Lipinski definition) is 6. The molecule has 1 saturated heterocycles. The number of aromatic nitrogens is 1. The number of thiazole rings is 1. The summed E-state index contributed by atoms with van der Waals surface area (Å²) >= 11 is 1.71. The molecule has 3 rings (SSSR count). The molecule has 1 aliphatic carbocycles. The maximum atomic E-state index is 11.5. The molecule has 118 valence electrons. The molecule has 21 heavy (non-hydrogen) atoms. The first-order chi connectivity index (χ1) is 10.0. The van der Waals surface area contributed by atoms with Crippen molar-refractivity contribution >= 4 is 21.4 Å². The Morgan fingerprint density at radius 3 is 2.67 bits per heavy atom. The van der Waals surface area contributed by atoms with Gasteiger partial charge in [0.05, 0.1) is 11.9 Å². The highest BCUT2D eigenvalue weighted by Crippen LogP contribution is 2.20. The van der Waals surface area contributed by atoms with E-state index in [9.17, 15) is 8.42 Å². The molecule has 2 heterocycles. The van der Waals surface area contributed by atoms with Gasteiger partial charge in [-0.25, -0.2) is 13.4 Å². The van der Waals surface area contributed by atoms with E-state index in [2.05, 4.69) is 20.6 Å². The second kappa shape index (κ2) is 6.29. The third-order valence-electron chi connectivity index (χ3n) is 3.90. The van der Waals surface area contributed by atoms with E-state index in [1.807, 2.05) is 0 Å². The van der Waals surface area contributed by atoms with Gasteiger partial charge in [-0.05, 0) is 12.8 Å². The number of rotatable bonds is 6. The van der Waals surface area contributed by atoms with Crippen molar-refractivity contribution in [3.8, 4) is 0 Å². The normalized spacial score (nSPS) is 21.8. The van der Waals surface area contributed by atoms with E-state index in [-0.39, 0.29) is 0 Å². The molecule has 0 unspecified atom stereocenters. The molecule has 1 aromatic rings. The number of nitrogens with one attached hydrogen (secondary N) is 1. The SMILES string of the molecule is CS(=O)(=O)N1CCN(Cc2csc(CNC3CC3)n2)CC1. The lowest BCUT2D eigenvalue weighted by Gasteiger charge is -2.32. The van der Waals surface area contributed by atoms with Crippen LogP contribution in [0.2, 0.25) is 0 Å². The lowest BCUT2D eigenvalue weighted by atomic mass is 10.3. The van der Waals surface area contributed by atoms with Crippen molar-refractivity contribution in [1.29, 1.82) is 0 Å². The highest BCUT2D eigenvalue weighted by molar-refractivity contribution is 7.88. The number of piperazine rings is 1. The van der Waals surface area contributed by atoms with Crippen LogP contribution in [-0.4, -0.2) is 61.1 Å². The summed E-state index contributed by atoms with van der Waals surface area (Å²) in [6.07, 6.45) is 3.87. The summed E-state index contributed by atoms with van der Waals surface area (Å²) in [7, 11) is -3.04. The quantitative estimate of drug-likeness (QED) is 0.821. The van der Waals surface area contributed by atoms with Gasteiger partial charge in [-0.15, -0.1) is 11.3 Å². The summed E-state index contributed by atoms with van der Waals surface area (Å²) in [5, 5.41) is 6.74. The summed E-state index contributed by atoms with van der Waals surface area (Å²) in [5.41, 5.74) is 1.10. The van der Waals surface area contributed by atoms with E-state index < -0.39 is 10.0 Å². The standard InChI is InChI=1S/C13H22N4O2S2/c1-21(18,19)17-6-4-16(5-7-17)9-12-10-20-13(15-12)8-14-11-2-3-11/h10-11,14H,2-9H2,1H3. The van der Waals surface area contributed by atoms with E-state index in [0.717, 1.165) is 36.9 Å². The number of nitrogens with zero attached hydrogens (tertiary/aromatic N) is 3. The van der Waals surface area contributed by atoms with Crippen LogP contribution in [0, 0.1) is 0 Å². The second-order valence-corrected chi connectivity index (χ2v) is 8.75. The minimum Gasteiger partial charge on any atom is -0.308 e. The minimum atomic E-state index is -3.04. The van der Waals surface area contributed by atoms with Gasteiger partial charge in [-0.3, -0.25) is 4.90 Å². The molecule has 0 aromatic carbocycles. The molecule has 1 N–H and O–H groups in total. The monoisotopic (exact) mass is 330 g/mol. The zero-order valence-electron chi connectivity index (χ0n) is 12.3. The van der Waals surface area contributed by atoms with Crippen LogP contribution in [-0.2, 0) is 23.1 Å². The Bertz CT molecular complexity index is 575. The van der Waals surface area contributed by atoms with Gasteiger partial charge < -0.3 is 5.32 Å². The zero-order chi connectivity index (χ0) is 14.9. The average molecular weight is 330 g/mol. The van der Waals surface area contributed by atoms with Crippen LogP contribution in [0.4, 0.5) is 0 Å². The Kier molecular flexibility index (Phi) is 4.60. The van der Waals surface area contributed by atoms with Gasteiger partial charge in [0.25, 0.3) is 0 Å². The number of hydrogen-bond donors (Lipinski definition) is 1. The molecule has 1 aliphatic heterocycles. The van der Waals surface area contributed by atoms with Crippen LogP contribution in [0.3, 0.4) is 0 Å². The lowest BCUT2D eigenvalue weighted by molar-refractivity contribution is 0.180. The predicted octanol–water partition coefficient (Wildman–Crippen LogP) is 0.472. The van der Waals surface area contributed by atoms with Gasteiger partial charge in [0.2, 0.25) is 10.0 Å². The van der Waals surface area contributed by atoms with E-state index in [0.29, 0.717) is 19.1 Å². The Labute approximate surface area is 130 Å². The number of sulfonamides is 1. The van der Waals surface area contributed by atoms with E-state index in [1.54, 1.807) is 15.6 Å². The first-order valence-electron chi connectivity index (χ1n) is 7.35. The minimum absolute atomic E-state index is 0.582. The van der Waals surface area contributed by atoms with Crippen molar-refractivity contribution in [2.45, 2.75) is 32.0 Å². The lowest BCUT2D eigenvalue weighted by Crippen LogP contribution is -2.47. The average Bonchev–Trinajstić information content (AvgIpc) is 3.16. The van der Waals surface area contributed by atoms with Crippen LogP contribution in [0.15, 0.2) is 5.38 Å². The van der Waals surface area contributed by atoms with Crippen LogP contribution in [0.25, 0.3) is 0 Å². The topological polar surface area (TPSA) is 65.5 Å². The van der Waals surface area contributed by atoms with E-state index in [4.69, 9.17) is 0 Å². The Hall–Kier alpha value is -0.540. The Morgan fingerprint density at radius 1 is 1.33 bits per heavy atom. The van der Waals surface area contributed by atoms with Crippen molar-refractivity contribution in [1.82, 2.24) is 19.5 Å². The Balaban J connectivity index is 1.46. The van der Waals surface area contributed by atoms with Crippen molar-refractivity contribution < 1.29 is 8.42 Å². The smallest absolute Gasteiger partial charge is 0.211 e. The van der Waals surface area contributed by atoms with Gasteiger partial charge in [-0.2, -0.15) is 4.31 Å². The molecule has 2 aliphatic rings. The second-order valence-electron chi connectivity index (χ2n) is 5.83. The third-order valence-corrected chi connectivity index (χ3v) is 6.11. The molecule has 0 radical (unpaired) electrons. The summed E-state index contributed by atoms with van der Waals surface area (Å²) in [4.78, 5) is 6.93. The van der Waals surface area contributed by atoms with Gasteiger partial charge in [0, 0.05) is 50.7 Å². The van der Waals surface area contributed by atoms with Gasteiger partial charge in [0.1, 0.15) is 5.01 Å². The van der Waals surface area contributed by atoms with E-state index >= 15 is 0 Å². The fraction of sp³-hybridized carbons (Fsp3) is 0.769. The predicted molar refractivity (Wildman–Crippen MR) is 83.7 cm³/mol. The highest BCUT2D eigenvalue weighted by Gasteiger charge is 2.24. The van der Waals surface area contributed by atoms with Gasteiger partial charge in [-0.1, -0.05) is 0 Å². The van der Waals surface area contributed by atoms with Crippen molar-refractivity contribution in [3.05, 3.63) is 16.1 Å². The van der Waals surface area contributed by atoms with Crippen LogP contribution >= 0.6 is 11.3 Å². The van der Waals surface area contributed by atoms with Gasteiger partial charge in [0.15, 0.2) is 0 Å². The maximum Gasteiger partial charge on any atom is 0.211 e. The summed E-state index contributed by atoms with van der Waals surface area (Å²) in [6, 6.07) is 0.710. The summed E-state index contributed by atoms with van der Waals surface area (Å²) in [5.74, 6) is 0.